The van der Waals surface area contributed by atoms with Crippen LogP contribution in [0.2, 0.25) is 0 Å². The van der Waals surface area contributed by atoms with Gasteiger partial charge in [0, 0.05) is 10.5 Å². The van der Waals surface area contributed by atoms with Crippen LogP contribution >= 0.6 is 15.9 Å². The lowest BCUT2D eigenvalue weighted by molar-refractivity contribution is 0.0895. The molecule has 1 aromatic rings. The summed E-state index contributed by atoms with van der Waals surface area (Å²) in [5.74, 6) is 0.0832. The summed E-state index contributed by atoms with van der Waals surface area (Å²) in [6, 6.07) is 4.37. The van der Waals surface area contributed by atoms with Crippen molar-refractivity contribution < 1.29 is 9.18 Å². The van der Waals surface area contributed by atoms with E-state index in [2.05, 4.69) is 28.2 Å². The van der Waals surface area contributed by atoms with Crippen LogP contribution in [-0.4, -0.2) is 11.9 Å². The lowest BCUT2D eigenvalue weighted by atomic mass is 9.82. The van der Waals surface area contributed by atoms with E-state index in [1.165, 1.54) is 12.1 Å². The van der Waals surface area contributed by atoms with Crippen LogP contribution in [0.25, 0.3) is 0 Å². The molecule has 0 radical (unpaired) electrons. The van der Waals surface area contributed by atoms with Crippen molar-refractivity contribution >= 4 is 21.8 Å². The van der Waals surface area contributed by atoms with Crippen molar-refractivity contribution in [2.24, 2.45) is 5.92 Å². The van der Waals surface area contributed by atoms with E-state index in [4.69, 9.17) is 0 Å². The van der Waals surface area contributed by atoms with Crippen LogP contribution in [0.1, 0.15) is 30.1 Å². The minimum atomic E-state index is -0.393. The Hall–Kier alpha value is -0.900. The van der Waals surface area contributed by atoms with E-state index in [9.17, 15) is 9.18 Å². The van der Waals surface area contributed by atoms with Crippen molar-refractivity contribution in [2.45, 2.75) is 25.8 Å². The van der Waals surface area contributed by atoms with Crippen LogP contribution in [0.5, 0.6) is 0 Å². The molecule has 0 unspecified atom stereocenters. The van der Waals surface area contributed by atoms with Crippen LogP contribution in [0.3, 0.4) is 0 Å². The molecular formula is C12H13BrFNO. The predicted octanol–water partition coefficient (Wildman–Crippen LogP) is 3.12. The summed E-state index contributed by atoms with van der Waals surface area (Å²) < 4.78 is 13.6. The second-order valence-corrected chi connectivity index (χ2v) is 5.23. The van der Waals surface area contributed by atoms with Crippen LogP contribution in [0, 0.1) is 11.7 Å². The third-order valence-electron chi connectivity index (χ3n) is 2.88. The van der Waals surface area contributed by atoms with Crippen LogP contribution in [0.15, 0.2) is 22.7 Å². The number of nitrogens with one attached hydrogen (secondary N) is 1. The third kappa shape index (κ3) is 2.43. The highest BCUT2D eigenvalue weighted by Crippen LogP contribution is 2.27. The van der Waals surface area contributed by atoms with E-state index in [1.54, 1.807) is 6.07 Å². The van der Waals surface area contributed by atoms with Crippen molar-refractivity contribution in [3.63, 3.8) is 0 Å². The van der Waals surface area contributed by atoms with Gasteiger partial charge in [0.15, 0.2) is 0 Å². The molecule has 86 valence electrons. The van der Waals surface area contributed by atoms with Crippen molar-refractivity contribution in [1.82, 2.24) is 5.32 Å². The monoisotopic (exact) mass is 285 g/mol. The number of halogens is 2. The topological polar surface area (TPSA) is 29.1 Å². The molecule has 16 heavy (non-hydrogen) atoms. The highest BCUT2D eigenvalue weighted by molar-refractivity contribution is 9.10. The summed E-state index contributed by atoms with van der Waals surface area (Å²) >= 11 is 3.25. The molecule has 1 aromatic carbocycles. The fraction of sp³-hybridized carbons (Fsp3) is 0.417. The summed E-state index contributed by atoms with van der Waals surface area (Å²) in [6.07, 6.45) is 2.03. The Morgan fingerprint density at radius 2 is 2.19 bits per heavy atom. The van der Waals surface area contributed by atoms with Gasteiger partial charge in [0.25, 0.3) is 5.91 Å². The van der Waals surface area contributed by atoms with Gasteiger partial charge in [-0.2, -0.15) is 0 Å². The first-order valence-corrected chi connectivity index (χ1v) is 6.11. The zero-order chi connectivity index (χ0) is 11.7. The maximum Gasteiger partial charge on any atom is 0.252 e. The summed E-state index contributed by atoms with van der Waals surface area (Å²) in [6.45, 7) is 2.15. The number of carbonyl (C=O) groups is 1. The summed E-state index contributed by atoms with van der Waals surface area (Å²) in [5.41, 5.74) is 0.361. The molecule has 2 rings (SSSR count). The lowest BCUT2D eigenvalue weighted by Gasteiger charge is -2.33. The Balaban J connectivity index is 2.05. The molecule has 0 atom stereocenters. The van der Waals surface area contributed by atoms with E-state index in [0.717, 1.165) is 12.8 Å². The molecule has 1 amide bonds. The van der Waals surface area contributed by atoms with Crippen LogP contribution in [0.4, 0.5) is 4.39 Å². The van der Waals surface area contributed by atoms with Crippen molar-refractivity contribution in [3.05, 3.63) is 34.1 Å². The second-order valence-electron chi connectivity index (χ2n) is 4.37. The molecule has 0 saturated heterocycles. The van der Waals surface area contributed by atoms with Gasteiger partial charge in [-0.3, -0.25) is 4.79 Å². The Kier molecular flexibility index (Phi) is 3.28. The molecule has 1 N–H and O–H groups in total. The third-order valence-corrected chi connectivity index (χ3v) is 3.57. The van der Waals surface area contributed by atoms with E-state index < -0.39 is 5.82 Å². The Morgan fingerprint density at radius 1 is 1.50 bits per heavy atom. The number of rotatable bonds is 2. The van der Waals surface area contributed by atoms with E-state index in [-0.39, 0.29) is 11.9 Å². The quantitative estimate of drug-likeness (QED) is 0.889. The fourth-order valence-electron chi connectivity index (χ4n) is 1.95. The minimum absolute atomic E-state index is 0.205. The Bertz CT molecular complexity index is 415. The normalized spacial score (nSPS) is 23.7. The van der Waals surface area contributed by atoms with Gasteiger partial charge in [0.2, 0.25) is 0 Å². The highest BCUT2D eigenvalue weighted by Gasteiger charge is 2.27. The molecule has 1 aliphatic rings. The molecule has 1 fully saturated rings. The molecule has 1 saturated carbocycles. The first kappa shape index (κ1) is 11.6. The van der Waals surface area contributed by atoms with Crippen molar-refractivity contribution in [1.29, 1.82) is 0 Å². The molecule has 0 aliphatic heterocycles. The van der Waals surface area contributed by atoms with Gasteiger partial charge in [-0.25, -0.2) is 4.39 Å². The highest BCUT2D eigenvalue weighted by atomic mass is 79.9. The van der Waals surface area contributed by atoms with Gasteiger partial charge in [-0.1, -0.05) is 6.92 Å². The molecule has 1 aliphatic carbocycles. The molecular weight excluding hydrogens is 273 g/mol. The number of amides is 1. The van der Waals surface area contributed by atoms with Crippen molar-refractivity contribution in [3.8, 4) is 0 Å². The number of carbonyl (C=O) groups excluding carboxylic acids is 1. The van der Waals surface area contributed by atoms with Gasteiger partial charge in [-0.05, 0) is 52.9 Å². The SMILES string of the molecule is CC1CC(NC(=O)c2cc(F)ccc2Br)C1. The fourth-order valence-corrected chi connectivity index (χ4v) is 2.38. The van der Waals surface area contributed by atoms with E-state index in [0.29, 0.717) is 16.0 Å². The maximum absolute atomic E-state index is 13.0. The average molecular weight is 286 g/mol. The minimum Gasteiger partial charge on any atom is -0.349 e. The largest absolute Gasteiger partial charge is 0.349 e. The van der Waals surface area contributed by atoms with E-state index in [1.807, 2.05) is 0 Å². The lowest BCUT2D eigenvalue weighted by Crippen LogP contribution is -2.43. The smallest absolute Gasteiger partial charge is 0.252 e. The number of benzene rings is 1. The Labute approximate surface area is 102 Å². The zero-order valence-corrected chi connectivity index (χ0v) is 10.6. The number of hydrogen-bond donors (Lipinski definition) is 1. The van der Waals surface area contributed by atoms with E-state index >= 15 is 0 Å². The molecule has 0 spiro atoms. The average Bonchev–Trinajstić information content (AvgIpc) is 2.19. The van der Waals surface area contributed by atoms with Gasteiger partial charge in [0.1, 0.15) is 5.82 Å². The van der Waals surface area contributed by atoms with Gasteiger partial charge in [0.05, 0.1) is 5.56 Å². The molecule has 0 aromatic heterocycles. The van der Waals surface area contributed by atoms with Gasteiger partial charge in [-0.15, -0.1) is 0 Å². The van der Waals surface area contributed by atoms with Crippen LogP contribution in [-0.2, 0) is 0 Å². The van der Waals surface area contributed by atoms with Gasteiger partial charge >= 0.3 is 0 Å². The standard InChI is InChI=1S/C12H13BrFNO/c1-7-4-9(5-7)15-12(16)10-6-8(14)2-3-11(10)13/h2-3,6-7,9H,4-5H2,1H3,(H,15,16). The molecule has 0 heterocycles. The zero-order valence-electron chi connectivity index (χ0n) is 8.97. The maximum atomic E-state index is 13.0. The van der Waals surface area contributed by atoms with Crippen LogP contribution < -0.4 is 5.32 Å². The molecule has 0 bridgehead atoms. The van der Waals surface area contributed by atoms with Crippen molar-refractivity contribution in [2.75, 3.05) is 0 Å². The number of hydrogen-bond acceptors (Lipinski definition) is 1. The van der Waals surface area contributed by atoms with Gasteiger partial charge < -0.3 is 5.32 Å². The summed E-state index contributed by atoms with van der Waals surface area (Å²) in [7, 11) is 0. The Morgan fingerprint density at radius 3 is 2.81 bits per heavy atom. The predicted molar refractivity (Wildman–Crippen MR) is 63.8 cm³/mol. The second kappa shape index (κ2) is 4.53. The molecule has 4 heteroatoms. The summed E-state index contributed by atoms with van der Waals surface area (Å²) in [5, 5.41) is 2.90. The summed E-state index contributed by atoms with van der Waals surface area (Å²) in [4.78, 5) is 11.8. The first-order chi connectivity index (χ1) is 7.56. The first-order valence-electron chi connectivity index (χ1n) is 5.32. The molecule has 2 nitrogen and oxygen atoms in total.